The van der Waals surface area contributed by atoms with Crippen LogP contribution in [0.5, 0.6) is 0 Å². The van der Waals surface area contributed by atoms with Gasteiger partial charge >= 0.3 is 39.7 Å². The fourth-order valence-corrected chi connectivity index (χ4v) is 1.11. The third kappa shape index (κ3) is 13.9. The Hall–Kier alpha value is -2.47. The van der Waals surface area contributed by atoms with E-state index in [-0.39, 0.29) is 23.0 Å². The molecule has 0 aliphatic rings. The second kappa shape index (κ2) is 18.5. The molecule has 0 unspecified atom stereocenters. The summed E-state index contributed by atoms with van der Waals surface area (Å²) in [5.41, 5.74) is 1.15. The van der Waals surface area contributed by atoms with Crippen LogP contribution in [-0.2, 0) is 31.2 Å². The summed E-state index contributed by atoms with van der Waals surface area (Å²) in [4.78, 5) is 10.5. The number of hydrogen-bond acceptors (Lipinski definition) is 2. The minimum absolute atomic E-state index is 0. The van der Waals surface area contributed by atoms with Gasteiger partial charge in [-0.25, -0.2) is 12.1 Å². The maximum atomic E-state index is 10.5. The number of amides is 1. The first-order valence-electron chi connectivity index (χ1n) is 5.52. The number of carbonyl (C=O) groups excluding carboxylic acids is 1. The average molecular weight is 336 g/mol. The maximum absolute atomic E-state index is 10.5. The van der Waals surface area contributed by atoms with Gasteiger partial charge in [-0.2, -0.15) is 23.5 Å². The van der Waals surface area contributed by atoms with Crippen LogP contribution in [0.2, 0.25) is 0 Å². The van der Waals surface area contributed by atoms with Crippen molar-refractivity contribution in [3.8, 4) is 6.07 Å². The molecule has 0 saturated carbocycles. The van der Waals surface area contributed by atoms with Gasteiger partial charge in [0.05, 0.1) is 17.5 Å². The Kier molecular flexibility index (Phi) is 20.7. The molecule has 2 aromatic carbocycles. The van der Waals surface area contributed by atoms with Crippen LogP contribution < -0.4 is 0 Å². The van der Waals surface area contributed by atoms with Crippen LogP contribution in [0.25, 0.3) is 5.32 Å². The SMILES string of the molecule is CC(=O)[N-]c1ccc(C#N)cc1.[C-]#[O+].[C-]#[O+].[Fe+2].c1cc[cH-]c1. The van der Waals surface area contributed by atoms with Crippen molar-refractivity contribution >= 4 is 11.6 Å². The Bertz CT molecular complexity index is 544. The van der Waals surface area contributed by atoms with Gasteiger partial charge in [0.1, 0.15) is 0 Å². The summed E-state index contributed by atoms with van der Waals surface area (Å²) in [6.45, 7) is 10.4. The molecule has 1 amide bonds. The van der Waals surface area contributed by atoms with Gasteiger partial charge in [0, 0.05) is 0 Å². The van der Waals surface area contributed by atoms with Crippen LogP contribution in [0, 0.1) is 24.6 Å². The first-order valence-corrected chi connectivity index (χ1v) is 5.52. The van der Waals surface area contributed by atoms with E-state index in [2.05, 4.69) is 18.6 Å². The predicted octanol–water partition coefficient (Wildman–Crippen LogP) is 3.44. The maximum Gasteiger partial charge on any atom is 2.00 e. The van der Waals surface area contributed by atoms with Crippen molar-refractivity contribution in [3.05, 3.63) is 78.8 Å². The molecule has 0 aliphatic heterocycles. The predicted molar refractivity (Wildman–Crippen MR) is 74.8 cm³/mol. The Labute approximate surface area is 140 Å². The summed E-state index contributed by atoms with van der Waals surface area (Å²) < 4.78 is 15.0. The van der Waals surface area contributed by atoms with E-state index < -0.39 is 0 Å². The number of rotatable bonds is 1. The molecule has 5 nitrogen and oxygen atoms in total. The zero-order chi connectivity index (χ0) is 16.5. The van der Waals surface area contributed by atoms with Crippen molar-refractivity contribution in [3.63, 3.8) is 0 Å². The molecule has 2 rings (SSSR count). The van der Waals surface area contributed by atoms with E-state index in [1.807, 2.05) is 36.4 Å². The normalized spacial score (nSPS) is 6.73. The van der Waals surface area contributed by atoms with Crippen molar-refractivity contribution in [1.82, 2.24) is 0 Å². The van der Waals surface area contributed by atoms with Crippen LogP contribution in [0.4, 0.5) is 5.69 Å². The molecule has 0 fully saturated rings. The van der Waals surface area contributed by atoms with Crippen molar-refractivity contribution in [2.45, 2.75) is 6.92 Å². The molecule has 112 valence electrons. The molecule has 0 saturated heterocycles. The molecule has 22 heavy (non-hydrogen) atoms. The van der Waals surface area contributed by atoms with Crippen molar-refractivity contribution in [2.75, 3.05) is 0 Å². The number of nitriles is 1. The third-order valence-electron chi connectivity index (χ3n) is 1.84. The molecular weight excluding hydrogens is 324 g/mol. The minimum Gasteiger partial charge on any atom is -0.214 e. The van der Waals surface area contributed by atoms with E-state index in [9.17, 15) is 4.79 Å². The number of nitrogens with zero attached hydrogens (tertiary/aromatic N) is 2. The molecule has 0 atom stereocenters. The Morgan fingerprint density at radius 1 is 1.14 bits per heavy atom. The fourth-order valence-electron chi connectivity index (χ4n) is 1.11. The van der Waals surface area contributed by atoms with Crippen LogP contribution in [0.15, 0.2) is 54.6 Å². The molecule has 6 heteroatoms. The number of hydrogen-bond donors (Lipinski definition) is 0. The van der Waals surface area contributed by atoms with Gasteiger partial charge < -0.3 is 10.1 Å². The standard InChI is InChI=1S/C9H8N2O.C5H5.2CO.Fe/c1-7(12)11-9-4-2-8(6-10)3-5-9;1-2-4-5-3-1;2*1-2;/h2-5H,1H3,(H,11,12);1-5H;;;/q;-1;;;+2/p-1. The van der Waals surface area contributed by atoms with E-state index in [0.717, 1.165) is 0 Å². The molecule has 0 heterocycles. The first kappa shape index (κ1) is 24.5. The molecule has 0 N–H and O–H groups in total. The van der Waals surface area contributed by atoms with Crippen LogP contribution in [-0.4, -0.2) is 5.91 Å². The number of carbonyl (C=O) groups is 1. The molecule has 0 aliphatic carbocycles. The van der Waals surface area contributed by atoms with Gasteiger partial charge in [-0.15, -0.1) is 5.69 Å². The summed E-state index contributed by atoms with van der Waals surface area (Å²) in [6.07, 6.45) is 0. The zero-order valence-electron chi connectivity index (χ0n) is 11.7. The van der Waals surface area contributed by atoms with Gasteiger partial charge in [0.2, 0.25) is 0 Å². The average Bonchev–Trinajstić information content (AvgIpc) is 3.11. The van der Waals surface area contributed by atoms with E-state index >= 15 is 0 Å². The van der Waals surface area contributed by atoms with E-state index in [0.29, 0.717) is 11.3 Å². The molecule has 0 aromatic heterocycles. The van der Waals surface area contributed by atoms with Crippen molar-refractivity contribution in [2.24, 2.45) is 0 Å². The van der Waals surface area contributed by atoms with E-state index in [1.54, 1.807) is 24.3 Å². The smallest absolute Gasteiger partial charge is 0.214 e. The molecule has 0 radical (unpaired) electrons. The van der Waals surface area contributed by atoms with Gasteiger partial charge in [-0.3, -0.25) is 0 Å². The first-order chi connectivity index (χ1) is 10.2. The van der Waals surface area contributed by atoms with Crippen LogP contribution in [0.3, 0.4) is 0 Å². The largest absolute Gasteiger partial charge is 2.00 e. The fraction of sp³-hybridized carbons (Fsp3) is 0.0625. The zero-order valence-corrected chi connectivity index (χ0v) is 12.8. The summed E-state index contributed by atoms with van der Waals surface area (Å²) >= 11 is 0. The van der Waals surface area contributed by atoms with E-state index in [1.165, 1.54) is 6.92 Å². The third-order valence-corrected chi connectivity index (χ3v) is 1.84. The Balaban J connectivity index is -0.000000303. The molecule has 0 bridgehead atoms. The van der Waals surface area contributed by atoms with Gasteiger partial charge in [-0.1, -0.05) is 12.1 Å². The quantitative estimate of drug-likeness (QED) is 0.453. The summed E-state index contributed by atoms with van der Waals surface area (Å²) in [6, 6.07) is 18.5. The second-order valence-electron chi connectivity index (χ2n) is 3.25. The Morgan fingerprint density at radius 2 is 1.59 bits per heavy atom. The molecule has 0 spiro atoms. The summed E-state index contributed by atoms with van der Waals surface area (Å²) in [5, 5.41) is 12.1. The van der Waals surface area contributed by atoms with Gasteiger partial charge in [0.25, 0.3) is 0 Å². The second-order valence-corrected chi connectivity index (χ2v) is 3.25. The van der Waals surface area contributed by atoms with Crippen molar-refractivity contribution < 1.29 is 31.2 Å². The number of benzene rings is 1. The summed E-state index contributed by atoms with van der Waals surface area (Å²) in [5.74, 6) is -0.236. The van der Waals surface area contributed by atoms with Crippen LogP contribution >= 0.6 is 0 Å². The minimum atomic E-state index is -0.236. The topological polar surface area (TPSA) is 94.8 Å². The van der Waals surface area contributed by atoms with E-state index in [4.69, 9.17) is 14.6 Å². The molecule has 2 aromatic rings. The van der Waals surface area contributed by atoms with Gasteiger partial charge in [0.15, 0.2) is 0 Å². The monoisotopic (exact) mass is 336 g/mol. The molecular formula is C16H12FeN2O3. The van der Waals surface area contributed by atoms with Crippen LogP contribution in [0.1, 0.15) is 12.5 Å². The van der Waals surface area contributed by atoms with Gasteiger partial charge in [-0.05, 0) is 19.1 Å². The summed E-state index contributed by atoms with van der Waals surface area (Å²) in [7, 11) is 0. The Morgan fingerprint density at radius 3 is 1.86 bits per heavy atom. The van der Waals surface area contributed by atoms with Crippen molar-refractivity contribution in [1.29, 1.82) is 5.26 Å².